The fraction of sp³-hybridized carbons (Fsp3) is 0.333. The summed E-state index contributed by atoms with van der Waals surface area (Å²) in [5, 5.41) is 0. The molecule has 3 nitrogen and oxygen atoms in total. The number of carbonyl (C=O) groups excluding carboxylic acids is 2. The fourth-order valence-corrected chi connectivity index (χ4v) is 2.85. The lowest BCUT2D eigenvalue weighted by Crippen LogP contribution is -2.30. The van der Waals surface area contributed by atoms with Gasteiger partial charge >= 0.3 is 6.18 Å². The van der Waals surface area contributed by atoms with Crippen LogP contribution < -0.4 is 4.90 Å². The van der Waals surface area contributed by atoms with Gasteiger partial charge in [0.05, 0.1) is 23.1 Å². The van der Waals surface area contributed by atoms with Crippen LogP contribution in [0.1, 0.15) is 18.4 Å². The molecule has 0 bridgehead atoms. The lowest BCUT2D eigenvalue weighted by molar-refractivity contribution is -0.137. The number of fused-ring (bicyclic) bond motifs is 1. The number of hydrogen-bond donors (Lipinski definition) is 0. The van der Waals surface area contributed by atoms with Crippen LogP contribution in [0, 0.1) is 11.8 Å². The molecule has 2 atom stereocenters. The van der Waals surface area contributed by atoms with E-state index in [1.165, 1.54) is 12.1 Å². The molecule has 0 saturated carbocycles. The van der Waals surface area contributed by atoms with Gasteiger partial charge in [0.25, 0.3) is 0 Å². The van der Waals surface area contributed by atoms with Crippen molar-refractivity contribution in [3.8, 4) is 0 Å². The van der Waals surface area contributed by atoms with Gasteiger partial charge in [0, 0.05) is 0 Å². The molecule has 21 heavy (non-hydrogen) atoms. The molecule has 1 saturated heterocycles. The van der Waals surface area contributed by atoms with Crippen LogP contribution in [0.25, 0.3) is 0 Å². The summed E-state index contributed by atoms with van der Waals surface area (Å²) in [6.45, 7) is 0. The van der Waals surface area contributed by atoms with Crippen molar-refractivity contribution in [3.63, 3.8) is 0 Å². The standard InChI is InChI=1S/C15H12F3NO2/c16-15(17,18)9-5-7-10(8-6-9)19-13(20)11-3-1-2-4-12(11)14(19)21/h1-2,5-8,11-12H,3-4H2. The third-order valence-electron chi connectivity index (χ3n) is 3.96. The maximum atomic E-state index is 12.5. The Kier molecular flexibility index (Phi) is 3.11. The van der Waals surface area contributed by atoms with E-state index >= 15 is 0 Å². The second-order valence-corrected chi connectivity index (χ2v) is 5.21. The first-order valence-electron chi connectivity index (χ1n) is 6.59. The van der Waals surface area contributed by atoms with Crippen molar-refractivity contribution in [1.82, 2.24) is 0 Å². The molecular formula is C15H12F3NO2. The van der Waals surface area contributed by atoms with Gasteiger partial charge in [0.15, 0.2) is 0 Å². The van der Waals surface area contributed by atoms with Crippen LogP contribution in [0.3, 0.4) is 0 Å². The molecule has 0 aromatic heterocycles. The van der Waals surface area contributed by atoms with E-state index in [4.69, 9.17) is 0 Å². The zero-order valence-corrected chi connectivity index (χ0v) is 10.9. The molecule has 1 aliphatic carbocycles. The number of halogens is 3. The van der Waals surface area contributed by atoms with E-state index in [0.717, 1.165) is 17.0 Å². The molecule has 2 unspecified atom stereocenters. The molecule has 3 rings (SSSR count). The van der Waals surface area contributed by atoms with Gasteiger partial charge in [-0.1, -0.05) is 12.2 Å². The van der Waals surface area contributed by atoms with Crippen molar-refractivity contribution in [2.75, 3.05) is 4.90 Å². The van der Waals surface area contributed by atoms with E-state index in [2.05, 4.69) is 0 Å². The van der Waals surface area contributed by atoms with Crippen molar-refractivity contribution < 1.29 is 22.8 Å². The van der Waals surface area contributed by atoms with E-state index in [9.17, 15) is 22.8 Å². The molecule has 6 heteroatoms. The Hall–Kier alpha value is -2.11. The van der Waals surface area contributed by atoms with Crippen LogP contribution in [0.15, 0.2) is 36.4 Å². The summed E-state index contributed by atoms with van der Waals surface area (Å²) in [5.74, 6) is -1.42. The summed E-state index contributed by atoms with van der Waals surface area (Å²) in [7, 11) is 0. The monoisotopic (exact) mass is 295 g/mol. The van der Waals surface area contributed by atoms with Crippen molar-refractivity contribution in [2.45, 2.75) is 19.0 Å². The average Bonchev–Trinajstić information content (AvgIpc) is 2.71. The Bertz CT molecular complexity index is 593. The maximum absolute atomic E-state index is 12.5. The van der Waals surface area contributed by atoms with Crippen molar-refractivity contribution in [1.29, 1.82) is 0 Å². The van der Waals surface area contributed by atoms with Crippen LogP contribution in [0.5, 0.6) is 0 Å². The number of nitrogens with zero attached hydrogens (tertiary/aromatic N) is 1. The van der Waals surface area contributed by atoms with Crippen LogP contribution >= 0.6 is 0 Å². The molecule has 0 spiro atoms. The van der Waals surface area contributed by atoms with Gasteiger partial charge in [-0.3, -0.25) is 14.5 Å². The highest BCUT2D eigenvalue weighted by Crippen LogP contribution is 2.38. The molecule has 0 radical (unpaired) electrons. The summed E-state index contributed by atoms with van der Waals surface area (Å²) >= 11 is 0. The number of anilines is 1. The predicted molar refractivity (Wildman–Crippen MR) is 69.3 cm³/mol. The van der Waals surface area contributed by atoms with Gasteiger partial charge in [-0.15, -0.1) is 0 Å². The summed E-state index contributed by atoms with van der Waals surface area (Å²) in [5.41, 5.74) is -0.600. The first-order chi connectivity index (χ1) is 9.89. The van der Waals surface area contributed by atoms with Crippen LogP contribution in [-0.4, -0.2) is 11.8 Å². The largest absolute Gasteiger partial charge is 0.416 e. The van der Waals surface area contributed by atoms with E-state index in [-0.39, 0.29) is 29.3 Å². The molecule has 2 amide bonds. The lowest BCUT2D eigenvalue weighted by atomic mass is 9.85. The molecular weight excluding hydrogens is 283 g/mol. The first-order valence-corrected chi connectivity index (χ1v) is 6.59. The van der Waals surface area contributed by atoms with Crippen LogP contribution in [0.2, 0.25) is 0 Å². The number of imide groups is 1. The van der Waals surface area contributed by atoms with Crippen LogP contribution in [-0.2, 0) is 15.8 Å². The number of hydrogen-bond acceptors (Lipinski definition) is 2. The zero-order valence-electron chi connectivity index (χ0n) is 10.9. The number of allylic oxidation sites excluding steroid dienone is 2. The average molecular weight is 295 g/mol. The Morgan fingerprint density at radius 3 is 1.81 bits per heavy atom. The topological polar surface area (TPSA) is 37.4 Å². The molecule has 1 aromatic carbocycles. The van der Waals surface area contributed by atoms with Gasteiger partial charge in [-0.25, -0.2) is 0 Å². The highest BCUT2D eigenvalue weighted by atomic mass is 19.4. The predicted octanol–water partition coefficient (Wildman–Crippen LogP) is 3.16. The molecule has 1 heterocycles. The van der Waals surface area contributed by atoms with Gasteiger partial charge in [-0.05, 0) is 37.1 Å². The van der Waals surface area contributed by atoms with E-state index in [1.807, 2.05) is 12.2 Å². The minimum atomic E-state index is -4.44. The quantitative estimate of drug-likeness (QED) is 0.589. The van der Waals surface area contributed by atoms with Crippen molar-refractivity contribution in [3.05, 3.63) is 42.0 Å². The second kappa shape index (κ2) is 4.72. The molecule has 1 aromatic rings. The van der Waals surface area contributed by atoms with Gasteiger partial charge < -0.3 is 0 Å². The number of carbonyl (C=O) groups is 2. The summed E-state index contributed by atoms with van der Waals surface area (Å²) in [4.78, 5) is 25.6. The van der Waals surface area contributed by atoms with E-state index in [1.54, 1.807) is 0 Å². The molecule has 0 N–H and O–H groups in total. The first kappa shape index (κ1) is 13.9. The Labute approximate surface area is 119 Å². The third-order valence-corrected chi connectivity index (χ3v) is 3.96. The normalized spacial score (nSPS) is 25.4. The van der Waals surface area contributed by atoms with Gasteiger partial charge in [0.2, 0.25) is 11.8 Å². The summed E-state index contributed by atoms with van der Waals surface area (Å²) < 4.78 is 37.6. The molecule has 1 aliphatic heterocycles. The smallest absolute Gasteiger partial charge is 0.274 e. The number of amides is 2. The lowest BCUT2D eigenvalue weighted by Gasteiger charge is -2.15. The number of benzene rings is 1. The van der Waals surface area contributed by atoms with Crippen molar-refractivity contribution >= 4 is 17.5 Å². The fourth-order valence-electron chi connectivity index (χ4n) is 2.85. The second-order valence-electron chi connectivity index (χ2n) is 5.21. The van der Waals surface area contributed by atoms with Gasteiger partial charge in [-0.2, -0.15) is 13.2 Å². The SMILES string of the molecule is O=C1C2CC=CCC2C(=O)N1c1ccc(C(F)(F)F)cc1. The minimum absolute atomic E-state index is 0.201. The van der Waals surface area contributed by atoms with Crippen molar-refractivity contribution in [2.24, 2.45) is 11.8 Å². The number of rotatable bonds is 1. The minimum Gasteiger partial charge on any atom is -0.274 e. The molecule has 2 aliphatic rings. The third kappa shape index (κ3) is 2.24. The summed E-state index contributed by atoms with van der Waals surface area (Å²) in [6, 6.07) is 4.11. The zero-order chi connectivity index (χ0) is 15.2. The summed E-state index contributed by atoms with van der Waals surface area (Å²) in [6.07, 6.45) is 0.305. The Morgan fingerprint density at radius 1 is 0.905 bits per heavy atom. The van der Waals surface area contributed by atoms with Gasteiger partial charge in [0.1, 0.15) is 0 Å². The number of alkyl halides is 3. The maximum Gasteiger partial charge on any atom is 0.416 e. The Morgan fingerprint density at radius 2 is 1.38 bits per heavy atom. The van der Waals surface area contributed by atoms with E-state index < -0.39 is 11.7 Å². The van der Waals surface area contributed by atoms with Crippen LogP contribution in [0.4, 0.5) is 18.9 Å². The molecule has 1 fully saturated rings. The highest BCUT2D eigenvalue weighted by molar-refractivity contribution is 6.22. The highest BCUT2D eigenvalue weighted by Gasteiger charge is 2.47. The van der Waals surface area contributed by atoms with E-state index in [0.29, 0.717) is 12.8 Å². The molecule has 110 valence electrons. The Balaban J connectivity index is 1.91.